The molecule has 0 fully saturated rings. The summed E-state index contributed by atoms with van der Waals surface area (Å²) in [6, 6.07) is 14.3. The summed E-state index contributed by atoms with van der Waals surface area (Å²) in [6.07, 6.45) is 4.68. The van der Waals surface area contributed by atoms with Gasteiger partial charge in [0.1, 0.15) is 12.4 Å². The maximum Gasteiger partial charge on any atom is 0.338 e. The molecule has 0 atom stereocenters. The van der Waals surface area contributed by atoms with Crippen LogP contribution in [0.1, 0.15) is 49.5 Å². The van der Waals surface area contributed by atoms with Crippen LogP contribution in [0.4, 0.5) is 5.69 Å². The van der Waals surface area contributed by atoms with Gasteiger partial charge < -0.3 is 25.2 Å². The molecule has 33 heavy (non-hydrogen) atoms. The molecule has 0 aromatic heterocycles. The van der Waals surface area contributed by atoms with Crippen molar-refractivity contribution < 1.29 is 24.2 Å². The largest absolute Gasteiger partial charge is 0.491 e. The number of benzene rings is 2. The number of nitrogens with two attached hydrogens (primary N) is 1. The van der Waals surface area contributed by atoms with Gasteiger partial charge in [0.25, 0.3) is 0 Å². The molecule has 0 aliphatic carbocycles. The highest BCUT2D eigenvalue weighted by Crippen LogP contribution is 2.23. The van der Waals surface area contributed by atoms with Gasteiger partial charge in [-0.3, -0.25) is 0 Å². The van der Waals surface area contributed by atoms with E-state index >= 15 is 0 Å². The number of ether oxygens (including phenoxy) is 2. The first-order valence-electron chi connectivity index (χ1n) is 11.3. The molecule has 0 aliphatic heterocycles. The Morgan fingerprint density at radius 3 is 2.33 bits per heavy atom. The van der Waals surface area contributed by atoms with Gasteiger partial charge in [-0.05, 0) is 49.3 Å². The molecule has 3 N–H and O–H groups in total. The second kappa shape index (κ2) is 16.3. The first-order chi connectivity index (χ1) is 15.9. The summed E-state index contributed by atoms with van der Waals surface area (Å²) in [6.45, 7) is 9.90. The van der Waals surface area contributed by atoms with E-state index in [9.17, 15) is 9.59 Å². The number of rotatable bonds is 12. The van der Waals surface area contributed by atoms with E-state index in [4.69, 9.17) is 20.3 Å². The van der Waals surface area contributed by atoms with Crippen molar-refractivity contribution in [3.05, 3.63) is 65.7 Å². The molecular formula is C26H36N2O5. The first kappa shape index (κ1) is 27.7. The average Bonchev–Trinajstić information content (AvgIpc) is 2.83. The van der Waals surface area contributed by atoms with E-state index in [2.05, 4.69) is 25.7 Å². The van der Waals surface area contributed by atoms with Crippen molar-refractivity contribution in [3.8, 4) is 5.75 Å². The third kappa shape index (κ3) is 11.8. The van der Waals surface area contributed by atoms with E-state index in [0.717, 1.165) is 44.1 Å². The SMILES string of the molecule is CCCCOc1cc(C(=O)OCCN(CC)CC)ccc1N.O=C(O)/C=C/c1ccccc1. The molecule has 0 spiro atoms. The van der Waals surface area contributed by atoms with Gasteiger partial charge in [-0.2, -0.15) is 0 Å². The van der Waals surface area contributed by atoms with Crippen molar-refractivity contribution in [1.29, 1.82) is 0 Å². The lowest BCUT2D eigenvalue weighted by molar-refractivity contribution is -0.131. The minimum absolute atomic E-state index is 0.340. The lowest BCUT2D eigenvalue weighted by atomic mass is 10.2. The Balaban J connectivity index is 0.000000412. The van der Waals surface area contributed by atoms with E-state index in [-0.39, 0.29) is 5.97 Å². The maximum atomic E-state index is 12.1. The molecule has 0 unspecified atom stereocenters. The number of carboxylic acids is 1. The van der Waals surface area contributed by atoms with E-state index in [0.29, 0.717) is 30.2 Å². The normalized spacial score (nSPS) is 10.5. The number of anilines is 1. The fourth-order valence-electron chi connectivity index (χ4n) is 2.74. The molecule has 2 rings (SSSR count). The lowest BCUT2D eigenvalue weighted by Gasteiger charge is -2.17. The van der Waals surface area contributed by atoms with E-state index in [1.54, 1.807) is 24.3 Å². The minimum Gasteiger partial charge on any atom is -0.491 e. The van der Waals surface area contributed by atoms with E-state index in [1.165, 1.54) is 0 Å². The van der Waals surface area contributed by atoms with Gasteiger partial charge >= 0.3 is 11.9 Å². The lowest BCUT2D eigenvalue weighted by Crippen LogP contribution is -2.27. The summed E-state index contributed by atoms with van der Waals surface area (Å²) in [5, 5.41) is 8.29. The van der Waals surface area contributed by atoms with Crippen molar-refractivity contribution in [2.75, 3.05) is 38.6 Å². The smallest absolute Gasteiger partial charge is 0.338 e. The number of hydrogen-bond donors (Lipinski definition) is 2. The zero-order valence-corrected chi connectivity index (χ0v) is 19.8. The topological polar surface area (TPSA) is 102 Å². The number of carbonyl (C=O) groups excluding carboxylic acids is 1. The standard InChI is InChI=1S/C17H28N2O3.C9H8O2/c1-4-7-11-21-16-13-14(8-9-15(16)18)17(20)22-12-10-19(5-2)6-3;10-9(11)7-6-8-4-2-1-3-5-8/h8-9,13H,4-7,10-12,18H2,1-3H3;1-7H,(H,10,11)/b;7-6+. The number of likely N-dealkylation sites (N-methyl/N-ethyl adjacent to an activating group) is 1. The molecule has 180 valence electrons. The summed E-state index contributed by atoms with van der Waals surface area (Å²) < 4.78 is 10.9. The third-order valence-corrected chi connectivity index (χ3v) is 4.76. The molecule has 0 saturated heterocycles. The highest BCUT2D eigenvalue weighted by atomic mass is 16.5. The Hall–Kier alpha value is -3.32. The highest BCUT2D eigenvalue weighted by Gasteiger charge is 2.11. The van der Waals surface area contributed by atoms with Crippen LogP contribution in [0, 0.1) is 0 Å². The van der Waals surface area contributed by atoms with Crippen LogP contribution in [0.15, 0.2) is 54.6 Å². The Morgan fingerprint density at radius 1 is 1.03 bits per heavy atom. The van der Waals surface area contributed by atoms with Gasteiger partial charge in [0, 0.05) is 12.6 Å². The van der Waals surface area contributed by atoms with Crippen LogP contribution in [0.5, 0.6) is 5.75 Å². The second-order valence-corrected chi connectivity index (χ2v) is 7.20. The zero-order valence-electron chi connectivity index (χ0n) is 19.8. The molecule has 0 amide bonds. The van der Waals surface area contributed by atoms with Crippen LogP contribution in [0.25, 0.3) is 6.08 Å². The maximum absolute atomic E-state index is 12.1. The third-order valence-electron chi connectivity index (χ3n) is 4.76. The van der Waals surface area contributed by atoms with Crippen LogP contribution in [0.3, 0.4) is 0 Å². The second-order valence-electron chi connectivity index (χ2n) is 7.20. The molecule has 0 saturated carbocycles. The number of aliphatic carboxylic acids is 1. The molecule has 0 radical (unpaired) electrons. The van der Waals surface area contributed by atoms with Gasteiger partial charge in [-0.25, -0.2) is 9.59 Å². The fraction of sp³-hybridized carbons (Fsp3) is 0.385. The van der Waals surface area contributed by atoms with E-state index in [1.807, 2.05) is 30.3 Å². The number of carbonyl (C=O) groups is 2. The quantitative estimate of drug-likeness (QED) is 0.206. The van der Waals surface area contributed by atoms with Gasteiger partial charge in [-0.1, -0.05) is 57.5 Å². The molecule has 0 heterocycles. The molecule has 0 aliphatic rings. The summed E-state index contributed by atoms with van der Waals surface area (Å²) in [5.41, 5.74) is 7.77. The van der Waals surface area contributed by atoms with Crippen LogP contribution < -0.4 is 10.5 Å². The number of esters is 1. The Labute approximate surface area is 196 Å². The fourth-order valence-corrected chi connectivity index (χ4v) is 2.74. The van der Waals surface area contributed by atoms with Crippen molar-refractivity contribution in [1.82, 2.24) is 4.90 Å². The highest BCUT2D eigenvalue weighted by molar-refractivity contribution is 5.90. The van der Waals surface area contributed by atoms with Gasteiger partial charge in [0.05, 0.1) is 17.9 Å². The minimum atomic E-state index is -0.922. The summed E-state index contributed by atoms with van der Waals surface area (Å²) in [5.74, 6) is -0.715. The van der Waals surface area contributed by atoms with Crippen molar-refractivity contribution in [3.63, 3.8) is 0 Å². The summed E-state index contributed by atoms with van der Waals surface area (Å²) >= 11 is 0. The predicted octanol–water partition coefficient (Wildman–Crippen LogP) is 4.73. The monoisotopic (exact) mass is 456 g/mol. The number of nitrogen functional groups attached to an aromatic ring is 1. The van der Waals surface area contributed by atoms with Crippen LogP contribution in [-0.4, -0.2) is 54.8 Å². The number of hydrogen-bond acceptors (Lipinski definition) is 6. The molecule has 7 heteroatoms. The number of unbranched alkanes of at least 4 members (excludes halogenated alkanes) is 1. The molecule has 7 nitrogen and oxygen atoms in total. The van der Waals surface area contributed by atoms with Crippen molar-refractivity contribution in [2.24, 2.45) is 0 Å². The summed E-state index contributed by atoms with van der Waals surface area (Å²) in [7, 11) is 0. The van der Waals surface area contributed by atoms with Gasteiger partial charge in [0.15, 0.2) is 0 Å². The van der Waals surface area contributed by atoms with Crippen LogP contribution in [0.2, 0.25) is 0 Å². The van der Waals surface area contributed by atoms with Crippen LogP contribution in [-0.2, 0) is 9.53 Å². The van der Waals surface area contributed by atoms with Gasteiger partial charge in [0.2, 0.25) is 0 Å². The van der Waals surface area contributed by atoms with Crippen molar-refractivity contribution >= 4 is 23.7 Å². The Morgan fingerprint density at radius 2 is 1.73 bits per heavy atom. The summed E-state index contributed by atoms with van der Waals surface area (Å²) in [4.78, 5) is 24.3. The Bertz CT molecular complexity index is 864. The van der Waals surface area contributed by atoms with E-state index < -0.39 is 5.97 Å². The molecule has 2 aromatic rings. The van der Waals surface area contributed by atoms with Gasteiger partial charge in [-0.15, -0.1) is 0 Å². The number of carboxylic acid groups (broad SMARTS) is 1. The first-order valence-corrected chi connectivity index (χ1v) is 11.3. The zero-order chi connectivity index (χ0) is 24.5. The van der Waals surface area contributed by atoms with Crippen molar-refractivity contribution in [2.45, 2.75) is 33.6 Å². The molecule has 0 bridgehead atoms. The predicted molar refractivity (Wildman–Crippen MR) is 132 cm³/mol. The number of nitrogens with zero attached hydrogens (tertiary/aromatic N) is 1. The Kier molecular flexibility index (Phi) is 13.7. The average molecular weight is 457 g/mol. The molecular weight excluding hydrogens is 420 g/mol. The van der Waals surface area contributed by atoms with Crippen LogP contribution >= 0.6 is 0 Å². The molecule has 2 aromatic carbocycles.